The van der Waals surface area contributed by atoms with Gasteiger partial charge in [0.05, 0.1) is 35.7 Å². The third-order valence-electron chi connectivity index (χ3n) is 4.07. The molecule has 0 fully saturated rings. The van der Waals surface area contributed by atoms with Gasteiger partial charge in [0.25, 0.3) is 15.9 Å². The molecule has 0 aromatic carbocycles. The molecule has 3 rings (SSSR count). The highest BCUT2D eigenvalue weighted by Gasteiger charge is 2.24. The lowest BCUT2D eigenvalue weighted by atomic mass is 10.3. The summed E-state index contributed by atoms with van der Waals surface area (Å²) in [6, 6.07) is 0. The first-order chi connectivity index (χ1) is 12.7. The van der Waals surface area contributed by atoms with E-state index in [2.05, 4.69) is 25.3 Å². The summed E-state index contributed by atoms with van der Waals surface area (Å²) in [7, 11) is -0.530. The van der Waals surface area contributed by atoms with Crippen molar-refractivity contribution in [2.24, 2.45) is 14.1 Å². The highest BCUT2D eigenvalue weighted by molar-refractivity contribution is 7.92. The Bertz CT molecular complexity index is 1090. The van der Waals surface area contributed by atoms with E-state index in [9.17, 15) is 13.2 Å². The average molecular weight is 392 g/mol. The molecule has 0 bridgehead atoms. The van der Waals surface area contributed by atoms with E-state index in [-0.39, 0.29) is 16.3 Å². The van der Waals surface area contributed by atoms with E-state index in [0.717, 1.165) is 5.69 Å². The van der Waals surface area contributed by atoms with Crippen LogP contribution in [0.15, 0.2) is 29.7 Å². The van der Waals surface area contributed by atoms with Crippen LogP contribution in [-0.4, -0.2) is 43.7 Å². The fourth-order valence-corrected chi connectivity index (χ4v) is 3.52. The van der Waals surface area contributed by atoms with E-state index < -0.39 is 15.9 Å². The second-order valence-electron chi connectivity index (χ2n) is 5.90. The summed E-state index contributed by atoms with van der Waals surface area (Å²) in [6.07, 6.45) is 5.43. The zero-order chi connectivity index (χ0) is 19.8. The number of carbonyl (C=O) groups excluding carboxylic acids is 1. The van der Waals surface area contributed by atoms with Gasteiger partial charge in [0, 0.05) is 26.8 Å². The Morgan fingerprint density at radius 2 is 1.81 bits per heavy atom. The quantitative estimate of drug-likeness (QED) is 0.636. The van der Waals surface area contributed by atoms with Crippen molar-refractivity contribution in [1.29, 1.82) is 0 Å². The minimum atomic E-state index is -3.90. The molecule has 0 saturated carbocycles. The molecule has 0 saturated heterocycles. The Morgan fingerprint density at radius 1 is 1.11 bits per heavy atom. The fourth-order valence-electron chi connectivity index (χ4n) is 2.48. The molecule has 3 aromatic rings. The number of anilines is 2. The van der Waals surface area contributed by atoms with Gasteiger partial charge < -0.3 is 5.32 Å². The van der Waals surface area contributed by atoms with Crippen molar-refractivity contribution in [3.63, 3.8) is 0 Å². The highest BCUT2D eigenvalue weighted by Crippen LogP contribution is 2.22. The maximum Gasteiger partial charge on any atom is 0.276 e. The summed E-state index contributed by atoms with van der Waals surface area (Å²) in [4.78, 5) is 12.8. The molecule has 3 heterocycles. The Hall–Kier alpha value is -3.15. The number of carbonyl (C=O) groups is 1. The molecular formula is C15H20N8O3S. The Balaban J connectivity index is 1.93. The average Bonchev–Trinajstić information content (AvgIpc) is 3.30. The van der Waals surface area contributed by atoms with Crippen LogP contribution in [0.2, 0.25) is 0 Å². The Kier molecular flexibility index (Phi) is 4.74. The molecule has 0 aliphatic carbocycles. The van der Waals surface area contributed by atoms with E-state index in [4.69, 9.17) is 0 Å². The molecule has 27 heavy (non-hydrogen) atoms. The smallest absolute Gasteiger partial charge is 0.276 e. The molecule has 0 spiro atoms. The van der Waals surface area contributed by atoms with E-state index in [1.807, 2.05) is 6.92 Å². The third kappa shape index (κ3) is 3.56. The number of sulfonamides is 1. The van der Waals surface area contributed by atoms with Crippen molar-refractivity contribution in [1.82, 2.24) is 29.3 Å². The van der Waals surface area contributed by atoms with Gasteiger partial charge in [0.15, 0.2) is 5.69 Å². The topological polar surface area (TPSA) is 129 Å². The Morgan fingerprint density at radius 3 is 2.37 bits per heavy atom. The maximum atomic E-state index is 12.8. The van der Waals surface area contributed by atoms with Crippen molar-refractivity contribution in [3.8, 4) is 0 Å². The molecule has 0 aliphatic heterocycles. The van der Waals surface area contributed by atoms with E-state index in [1.165, 1.54) is 34.2 Å². The lowest BCUT2D eigenvalue weighted by molar-refractivity contribution is 0.101. The summed E-state index contributed by atoms with van der Waals surface area (Å²) < 4.78 is 31.9. The summed E-state index contributed by atoms with van der Waals surface area (Å²) in [5.41, 5.74) is 1.49. The number of aryl methyl sites for hydroxylation is 3. The minimum absolute atomic E-state index is 0.0105. The predicted molar refractivity (Wildman–Crippen MR) is 97.8 cm³/mol. The standard InChI is InChI=1S/C15H20N8O3S/c1-5-23-14(15(24)19-12-7-17-22(4)10(12)2)13(8-18-23)20-27(25,26)11-6-16-21(3)9-11/h6-9,20H,5H2,1-4H3,(H,19,24). The van der Waals surface area contributed by atoms with Crippen LogP contribution in [0.1, 0.15) is 23.1 Å². The van der Waals surface area contributed by atoms with Crippen LogP contribution in [0.3, 0.4) is 0 Å². The fraction of sp³-hybridized carbons (Fsp3) is 0.333. The van der Waals surface area contributed by atoms with Crippen molar-refractivity contribution < 1.29 is 13.2 Å². The van der Waals surface area contributed by atoms with Crippen LogP contribution in [0.4, 0.5) is 11.4 Å². The molecule has 0 atom stereocenters. The molecule has 1 amide bonds. The van der Waals surface area contributed by atoms with Gasteiger partial charge >= 0.3 is 0 Å². The van der Waals surface area contributed by atoms with Crippen molar-refractivity contribution >= 4 is 27.3 Å². The number of amides is 1. The molecule has 11 nitrogen and oxygen atoms in total. The molecular weight excluding hydrogens is 372 g/mol. The van der Waals surface area contributed by atoms with Crippen LogP contribution in [0.5, 0.6) is 0 Å². The maximum absolute atomic E-state index is 12.8. The van der Waals surface area contributed by atoms with E-state index >= 15 is 0 Å². The molecule has 144 valence electrons. The molecule has 0 radical (unpaired) electrons. The van der Waals surface area contributed by atoms with Gasteiger partial charge in [0.2, 0.25) is 0 Å². The lowest BCUT2D eigenvalue weighted by Crippen LogP contribution is -2.21. The van der Waals surface area contributed by atoms with Gasteiger partial charge in [-0.3, -0.25) is 23.6 Å². The number of nitrogens with one attached hydrogen (secondary N) is 2. The van der Waals surface area contributed by atoms with Gasteiger partial charge in [-0.1, -0.05) is 0 Å². The molecule has 2 N–H and O–H groups in total. The normalized spacial score (nSPS) is 11.6. The number of hydrogen-bond donors (Lipinski definition) is 2. The van der Waals surface area contributed by atoms with Gasteiger partial charge in [-0.05, 0) is 13.8 Å². The molecule has 0 aliphatic rings. The number of nitrogens with zero attached hydrogens (tertiary/aromatic N) is 6. The van der Waals surface area contributed by atoms with Gasteiger partial charge in [-0.15, -0.1) is 0 Å². The van der Waals surface area contributed by atoms with Crippen LogP contribution >= 0.6 is 0 Å². The largest absolute Gasteiger partial charge is 0.318 e. The third-order valence-corrected chi connectivity index (χ3v) is 5.39. The van der Waals surface area contributed by atoms with E-state index in [0.29, 0.717) is 12.2 Å². The monoisotopic (exact) mass is 392 g/mol. The molecule has 12 heteroatoms. The highest BCUT2D eigenvalue weighted by atomic mass is 32.2. The first-order valence-electron chi connectivity index (χ1n) is 8.10. The van der Waals surface area contributed by atoms with Gasteiger partial charge in [-0.2, -0.15) is 15.3 Å². The summed E-state index contributed by atoms with van der Waals surface area (Å²) in [5, 5.41) is 14.8. The van der Waals surface area contributed by atoms with Crippen LogP contribution < -0.4 is 10.0 Å². The SMILES string of the molecule is CCn1ncc(NS(=O)(=O)c2cnn(C)c2)c1C(=O)Nc1cnn(C)c1C. The second kappa shape index (κ2) is 6.87. The first-order valence-corrected chi connectivity index (χ1v) is 9.58. The Labute approximate surface area is 156 Å². The van der Waals surface area contributed by atoms with Crippen LogP contribution in [0.25, 0.3) is 0 Å². The van der Waals surface area contributed by atoms with Crippen molar-refractivity contribution in [2.75, 3.05) is 10.0 Å². The summed E-state index contributed by atoms with van der Waals surface area (Å²) >= 11 is 0. The van der Waals surface area contributed by atoms with Crippen LogP contribution in [-0.2, 0) is 30.7 Å². The van der Waals surface area contributed by atoms with Crippen molar-refractivity contribution in [3.05, 3.63) is 36.2 Å². The second-order valence-corrected chi connectivity index (χ2v) is 7.58. The number of rotatable bonds is 6. The van der Waals surface area contributed by atoms with Crippen molar-refractivity contribution in [2.45, 2.75) is 25.3 Å². The summed E-state index contributed by atoms with van der Waals surface area (Å²) in [6.45, 7) is 4.01. The van der Waals surface area contributed by atoms with Crippen LogP contribution in [0, 0.1) is 6.92 Å². The first kappa shape index (κ1) is 18.6. The zero-order valence-corrected chi connectivity index (χ0v) is 16.1. The predicted octanol–water partition coefficient (Wildman–Crippen LogP) is 0.732. The minimum Gasteiger partial charge on any atom is -0.318 e. The zero-order valence-electron chi connectivity index (χ0n) is 15.3. The van der Waals surface area contributed by atoms with Gasteiger partial charge in [-0.25, -0.2) is 8.42 Å². The summed E-state index contributed by atoms with van der Waals surface area (Å²) in [5.74, 6) is -0.491. The van der Waals surface area contributed by atoms with Gasteiger partial charge in [0.1, 0.15) is 4.90 Å². The number of hydrogen-bond acceptors (Lipinski definition) is 6. The number of aromatic nitrogens is 6. The lowest BCUT2D eigenvalue weighted by Gasteiger charge is -2.10. The van der Waals surface area contributed by atoms with E-state index in [1.54, 1.807) is 25.7 Å². The molecule has 0 unspecified atom stereocenters. The molecule has 3 aromatic heterocycles.